The topological polar surface area (TPSA) is 109 Å². The first-order chi connectivity index (χ1) is 20.8. The Bertz CT molecular complexity index is 1550. The van der Waals surface area contributed by atoms with Gasteiger partial charge < -0.3 is 34.6 Å². The van der Waals surface area contributed by atoms with Gasteiger partial charge in [-0.1, -0.05) is 24.3 Å². The fourth-order valence-corrected chi connectivity index (χ4v) is 5.99. The Morgan fingerprint density at radius 1 is 0.907 bits per heavy atom. The van der Waals surface area contributed by atoms with Crippen LogP contribution in [0.5, 0.6) is 17.2 Å². The van der Waals surface area contributed by atoms with E-state index >= 15 is 0 Å². The van der Waals surface area contributed by atoms with E-state index in [-0.39, 0.29) is 23.8 Å². The average Bonchev–Trinajstić information content (AvgIpc) is 3.27. The van der Waals surface area contributed by atoms with Crippen molar-refractivity contribution in [3.8, 4) is 28.4 Å². The summed E-state index contributed by atoms with van der Waals surface area (Å²) in [6.07, 6.45) is 1.18. The molecule has 1 aliphatic heterocycles. The molecular formula is C33H38N4O6. The van der Waals surface area contributed by atoms with Crippen LogP contribution in [0.1, 0.15) is 30.5 Å². The fourth-order valence-electron chi connectivity index (χ4n) is 5.99. The summed E-state index contributed by atoms with van der Waals surface area (Å²) in [7, 11) is 4.68. The quantitative estimate of drug-likeness (QED) is 0.412. The normalized spacial score (nSPS) is 15.9. The Balaban J connectivity index is 1.43. The van der Waals surface area contributed by atoms with Crippen LogP contribution in [0.25, 0.3) is 11.1 Å². The lowest BCUT2D eigenvalue weighted by Gasteiger charge is -2.36. The number of amides is 2. The Kier molecular flexibility index (Phi) is 9.04. The van der Waals surface area contributed by atoms with Gasteiger partial charge in [0.1, 0.15) is 0 Å². The highest BCUT2D eigenvalue weighted by molar-refractivity contribution is 5.84. The van der Waals surface area contributed by atoms with E-state index in [0.29, 0.717) is 54.4 Å². The van der Waals surface area contributed by atoms with E-state index in [1.807, 2.05) is 35.2 Å². The first-order valence-corrected chi connectivity index (χ1v) is 14.4. The Morgan fingerprint density at radius 3 is 2.28 bits per heavy atom. The van der Waals surface area contributed by atoms with Crippen molar-refractivity contribution in [3.63, 3.8) is 0 Å². The van der Waals surface area contributed by atoms with Crippen LogP contribution in [0, 0.1) is 0 Å². The lowest BCUT2D eigenvalue weighted by molar-refractivity contribution is -0.129. The number of ether oxygens (including phenoxy) is 3. The van der Waals surface area contributed by atoms with Crippen LogP contribution < -0.4 is 35.2 Å². The molecule has 0 radical (unpaired) electrons. The Hall–Kier alpha value is -4.73. The number of piperazine rings is 1. The molecule has 5 rings (SSSR count). The van der Waals surface area contributed by atoms with Gasteiger partial charge in [-0.05, 0) is 59.9 Å². The monoisotopic (exact) mass is 586 g/mol. The summed E-state index contributed by atoms with van der Waals surface area (Å²) in [5.74, 6) is 1.20. The van der Waals surface area contributed by atoms with E-state index < -0.39 is 6.04 Å². The molecule has 10 nitrogen and oxygen atoms in total. The number of nitrogens with zero attached hydrogens (tertiary/aromatic N) is 2. The SMILES string of the molecule is COc1cc2c(c(OC)c1OC)-c1ccc(NCC(=O)N3CCN(c4ccccc4)CC3)c(=O)cc1C(NC(C)=O)CC2. The maximum Gasteiger partial charge on any atom is 0.241 e. The van der Waals surface area contributed by atoms with Crippen molar-refractivity contribution in [2.75, 3.05) is 64.3 Å². The molecule has 1 heterocycles. The number of para-hydroxylation sites is 1. The number of rotatable bonds is 8. The predicted octanol–water partition coefficient (Wildman–Crippen LogP) is 3.62. The summed E-state index contributed by atoms with van der Waals surface area (Å²) >= 11 is 0. The van der Waals surface area contributed by atoms with Gasteiger partial charge >= 0.3 is 0 Å². The second kappa shape index (κ2) is 13.1. The third kappa shape index (κ3) is 6.23. The number of methoxy groups -OCH3 is 3. The number of benzene rings is 2. The molecule has 0 spiro atoms. The number of hydrogen-bond donors (Lipinski definition) is 2. The highest BCUT2D eigenvalue weighted by atomic mass is 16.5. The molecule has 226 valence electrons. The molecule has 0 aromatic heterocycles. The third-order valence-electron chi connectivity index (χ3n) is 8.10. The zero-order valence-corrected chi connectivity index (χ0v) is 25.1. The van der Waals surface area contributed by atoms with Crippen molar-refractivity contribution in [3.05, 3.63) is 75.9 Å². The van der Waals surface area contributed by atoms with Crippen molar-refractivity contribution in [1.82, 2.24) is 10.2 Å². The highest BCUT2D eigenvalue weighted by Crippen LogP contribution is 2.50. The molecule has 2 amide bonds. The molecule has 2 aliphatic rings. The molecule has 1 aliphatic carbocycles. The summed E-state index contributed by atoms with van der Waals surface area (Å²) in [6, 6.07) is 16.7. The van der Waals surface area contributed by atoms with Crippen molar-refractivity contribution < 1.29 is 23.8 Å². The molecule has 1 saturated heterocycles. The van der Waals surface area contributed by atoms with Gasteiger partial charge in [-0.2, -0.15) is 0 Å². The Labute approximate surface area is 251 Å². The number of carbonyl (C=O) groups is 2. The van der Waals surface area contributed by atoms with Crippen LogP contribution in [-0.2, 0) is 16.0 Å². The minimum atomic E-state index is -0.405. The van der Waals surface area contributed by atoms with Gasteiger partial charge in [-0.15, -0.1) is 0 Å². The van der Waals surface area contributed by atoms with Crippen LogP contribution in [-0.4, -0.2) is 70.8 Å². The molecule has 1 fully saturated rings. The standard InChI is InChI=1S/C33H38N4O6/c1-21(38)35-26-12-10-22-18-29(41-2)32(42-3)33(43-4)31(22)24-11-13-27(28(39)19-25(24)26)34-20-30(40)37-16-14-36(15-17-37)23-8-6-5-7-9-23/h5-9,11,13,18-19,26H,10,12,14-17,20H2,1-4H3,(H,34,39)(H,35,38). The van der Waals surface area contributed by atoms with Crippen LogP contribution >= 0.6 is 0 Å². The smallest absolute Gasteiger partial charge is 0.241 e. The number of hydrogen-bond acceptors (Lipinski definition) is 8. The zero-order valence-electron chi connectivity index (χ0n) is 25.1. The average molecular weight is 587 g/mol. The van der Waals surface area contributed by atoms with Gasteiger partial charge in [0.15, 0.2) is 11.5 Å². The fraction of sp³-hybridized carbons (Fsp3) is 0.364. The second-order valence-corrected chi connectivity index (χ2v) is 10.7. The molecule has 43 heavy (non-hydrogen) atoms. The molecular weight excluding hydrogens is 548 g/mol. The maximum atomic E-state index is 13.5. The van der Waals surface area contributed by atoms with Crippen molar-refractivity contribution in [2.45, 2.75) is 25.8 Å². The zero-order chi connectivity index (χ0) is 30.5. The molecule has 1 atom stereocenters. The molecule has 3 aromatic rings. The summed E-state index contributed by atoms with van der Waals surface area (Å²) in [5, 5.41) is 6.09. The number of anilines is 2. The number of fused-ring (bicyclic) bond motifs is 3. The lowest BCUT2D eigenvalue weighted by atomic mass is 9.95. The molecule has 3 aromatic carbocycles. The van der Waals surface area contributed by atoms with E-state index in [4.69, 9.17) is 14.2 Å². The van der Waals surface area contributed by atoms with E-state index in [2.05, 4.69) is 27.7 Å². The summed E-state index contributed by atoms with van der Waals surface area (Å²) in [6.45, 7) is 4.16. The second-order valence-electron chi connectivity index (χ2n) is 10.7. The number of aryl methyl sites for hydroxylation is 1. The van der Waals surface area contributed by atoms with Crippen LogP contribution in [0.15, 0.2) is 59.4 Å². The van der Waals surface area contributed by atoms with Crippen LogP contribution in [0.2, 0.25) is 0 Å². The van der Waals surface area contributed by atoms with Gasteiger partial charge in [0, 0.05) is 44.4 Å². The van der Waals surface area contributed by atoms with Gasteiger partial charge in [-0.25, -0.2) is 0 Å². The molecule has 10 heteroatoms. The molecule has 2 N–H and O–H groups in total. The van der Waals surface area contributed by atoms with E-state index in [1.165, 1.54) is 6.92 Å². The molecule has 1 unspecified atom stereocenters. The molecule has 0 saturated carbocycles. The van der Waals surface area contributed by atoms with Crippen LogP contribution in [0.3, 0.4) is 0 Å². The van der Waals surface area contributed by atoms with Crippen molar-refractivity contribution in [1.29, 1.82) is 0 Å². The predicted molar refractivity (Wildman–Crippen MR) is 166 cm³/mol. The highest BCUT2D eigenvalue weighted by Gasteiger charge is 2.29. The maximum absolute atomic E-state index is 13.5. The first-order valence-electron chi connectivity index (χ1n) is 14.4. The number of carbonyl (C=O) groups excluding carboxylic acids is 2. The van der Waals surface area contributed by atoms with Crippen molar-refractivity contribution in [2.24, 2.45) is 0 Å². The van der Waals surface area contributed by atoms with E-state index in [1.54, 1.807) is 33.5 Å². The third-order valence-corrected chi connectivity index (χ3v) is 8.10. The summed E-state index contributed by atoms with van der Waals surface area (Å²) in [5.41, 5.74) is 4.29. The Morgan fingerprint density at radius 2 is 1.63 bits per heavy atom. The first kappa shape index (κ1) is 29.8. The minimum Gasteiger partial charge on any atom is -0.493 e. The van der Waals surface area contributed by atoms with E-state index in [0.717, 1.165) is 35.5 Å². The minimum absolute atomic E-state index is 0.00465. The van der Waals surface area contributed by atoms with Crippen molar-refractivity contribution >= 4 is 23.2 Å². The van der Waals surface area contributed by atoms with Gasteiger partial charge in [0.2, 0.25) is 23.0 Å². The number of nitrogens with one attached hydrogen (secondary N) is 2. The van der Waals surface area contributed by atoms with Gasteiger partial charge in [-0.3, -0.25) is 14.4 Å². The summed E-state index contributed by atoms with van der Waals surface area (Å²) < 4.78 is 17.1. The van der Waals surface area contributed by atoms with Crippen LogP contribution in [0.4, 0.5) is 11.4 Å². The van der Waals surface area contributed by atoms with Gasteiger partial charge in [0.05, 0.1) is 39.6 Å². The summed E-state index contributed by atoms with van der Waals surface area (Å²) in [4.78, 5) is 42.9. The lowest BCUT2D eigenvalue weighted by Crippen LogP contribution is -2.50. The largest absolute Gasteiger partial charge is 0.493 e. The molecule has 0 bridgehead atoms. The van der Waals surface area contributed by atoms with E-state index in [9.17, 15) is 14.4 Å². The van der Waals surface area contributed by atoms with Gasteiger partial charge in [0.25, 0.3) is 0 Å².